The molecule has 2 atom stereocenters. The van der Waals surface area contributed by atoms with Gasteiger partial charge in [0.15, 0.2) is 5.82 Å². The van der Waals surface area contributed by atoms with Gasteiger partial charge >= 0.3 is 6.09 Å². The van der Waals surface area contributed by atoms with E-state index in [1.54, 1.807) is 36.8 Å². The fraction of sp³-hybridized carbons (Fsp3) is 0.357. The van der Waals surface area contributed by atoms with E-state index in [-0.39, 0.29) is 12.1 Å². The number of anilines is 1. The van der Waals surface area contributed by atoms with E-state index in [2.05, 4.69) is 49.1 Å². The van der Waals surface area contributed by atoms with Crippen molar-refractivity contribution in [2.75, 3.05) is 11.9 Å². The fourth-order valence-corrected chi connectivity index (χ4v) is 4.10. The van der Waals surface area contributed by atoms with E-state index in [1.807, 2.05) is 32.9 Å². The van der Waals surface area contributed by atoms with Crippen molar-refractivity contribution in [3.8, 4) is 23.4 Å². The normalized spacial score (nSPS) is 16.1. The van der Waals surface area contributed by atoms with Crippen LogP contribution in [0.3, 0.4) is 0 Å². The van der Waals surface area contributed by atoms with Crippen molar-refractivity contribution in [2.45, 2.75) is 58.3 Å². The van der Waals surface area contributed by atoms with Crippen LogP contribution in [0.15, 0.2) is 48.9 Å². The van der Waals surface area contributed by atoms with Crippen LogP contribution in [-0.4, -0.2) is 60.2 Å². The van der Waals surface area contributed by atoms with Crippen molar-refractivity contribution in [3.05, 3.63) is 60.2 Å². The number of carbonyl (C=O) groups is 1. The van der Waals surface area contributed by atoms with Crippen molar-refractivity contribution < 1.29 is 14.3 Å². The summed E-state index contributed by atoms with van der Waals surface area (Å²) < 4.78 is 12.4. The molecule has 1 saturated heterocycles. The average molecular weight is 512 g/mol. The van der Waals surface area contributed by atoms with Gasteiger partial charge in [-0.1, -0.05) is 5.92 Å². The number of benzene rings is 1. The second-order valence-corrected chi connectivity index (χ2v) is 10.1. The predicted octanol–water partition coefficient (Wildman–Crippen LogP) is 4.45. The molecule has 1 N–H and O–H groups in total. The van der Waals surface area contributed by atoms with E-state index >= 15 is 0 Å². The van der Waals surface area contributed by atoms with Gasteiger partial charge in [-0.05, 0) is 76.8 Å². The molecule has 0 bridgehead atoms. The van der Waals surface area contributed by atoms with Crippen LogP contribution in [0.5, 0.6) is 0 Å². The second kappa shape index (κ2) is 10.6. The smallest absolute Gasteiger partial charge is 0.435 e. The molecular weight excluding hydrogens is 482 g/mol. The lowest BCUT2D eigenvalue weighted by molar-refractivity contribution is 0.0522. The minimum Gasteiger partial charge on any atom is -0.442 e. The van der Waals surface area contributed by atoms with E-state index in [4.69, 9.17) is 9.47 Å². The van der Waals surface area contributed by atoms with Gasteiger partial charge in [0.2, 0.25) is 5.95 Å². The molecule has 0 aliphatic carbocycles. The highest BCUT2D eigenvalue weighted by Gasteiger charge is 2.23. The molecule has 3 aromatic heterocycles. The zero-order chi connectivity index (χ0) is 26.7. The zero-order valence-electron chi connectivity index (χ0n) is 21.8. The van der Waals surface area contributed by atoms with Crippen LogP contribution < -0.4 is 5.32 Å². The zero-order valence-corrected chi connectivity index (χ0v) is 21.8. The van der Waals surface area contributed by atoms with Crippen LogP contribution in [0.1, 0.15) is 51.8 Å². The van der Waals surface area contributed by atoms with Gasteiger partial charge in [-0.15, -0.1) is 0 Å². The molecule has 10 heteroatoms. The maximum Gasteiger partial charge on any atom is 0.435 e. The van der Waals surface area contributed by atoms with Crippen molar-refractivity contribution in [1.29, 1.82) is 0 Å². The maximum atomic E-state index is 12.4. The van der Waals surface area contributed by atoms with E-state index < -0.39 is 11.7 Å². The number of aromatic nitrogens is 6. The van der Waals surface area contributed by atoms with Gasteiger partial charge in [-0.3, -0.25) is 0 Å². The number of hydrogen-bond acceptors (Lipinski definition) is 9. The summed E-state index contributed by atoms with van der Waals surface area (Å²) in [6.07, 6.45) is 6.69. The highest BCUT2D eigenvalue weighted by atomic mass is 16.6. The Morgan fingerprint density at radius 1 is 1.16 bits per heavy atom. The lowest BCUT2D eigenvalue weighted by atomic mass is 10.1. The molecule has 10 nitrogen and oxygen atoms in total. The Morgan fingerprint density at radius 2 is 2.00 bits per heavy atom. The summed E-state index contributed by atoms with van der Waals surface area (Å²) in [6, 6.07) is 9.11. The number of carbonyl (C=O) groups excluding carboxylic acids is 1. The molecule has 0 radical (unpaired) electrons. The summed E-state index contributed by atoms with van der Waals surface area (Å²) in [4.78, 5) is 30.3. The number of ether oxygens (including phenoxy) is 2. The average Bonchev–Trinajstić information content (AvgIpc) is 3.57. The minimum atomic E-state index is -0.607. The van der Waals surface area contributed by atoms with Crippen LogP contribution in [0.4, 0.5) is 10.7 Å². The molecule has 2 unspecified atom stereocenters. The minimum absolute atomic E-state index is 0.0967. The molecule has 4 heterocycles. The summed E-state index contributed by atoms with van der Waals surface area (Å²) in [5.41, 5.74) is 1.96. The van der Waals surface area contributed by atoms with Gasteiger partial charge in [0, 0.05) is 30.0 Å². The van der Waals surface area contributed by atoms with Gasteiger partial charge in [0.05, 0.1) is 23.9 Å². The summed E-state index contributed by atoms with van der Waals surface area (Å²) in [7, 11) is 0. The Labute approximate surface area is 220 Å². The Bertz CT molecular complexity index is 1520. The third-order valence-corrected chi connectivity index (χ3v) is 5.89. The van der Waals surface area contributed by atoms with Gasteiger partial charge in [-0.25, -0.2) is 24.7 Å². The van der Waals surface area contributed by atoms with Gasteiger partial charge in [0.25, 0.3) is 0 Å². The number of nitrogens with one attached hydrogen (secondary N) is 1. The standard InChI is InChI=1S/C28H29N7O3/c1-18(24-6-5-15-37-24)32-26-30-14-12-22(34-26)25-29-13-11-21(33-25)9-7-19-8-10-23-20(16-19)17-31-35(23)27(36)38-28(2,3)4/h8,10-14,16-18,24H,5-6,15H2,1-4H3,(H,30,32,34). The molecule has 5 rings (SSSR count). The quantitative estimate of drug-likeness (QED) is 0.397. The van der Waals surface area contributed by atoms with Crippen LogP contribution in [0.25, 0.3) is 22.4 Å². The SMILES string of the molecule is CC(Nc1nccc(-c2nccc(C#Cc3ccc4c(cnn4C(=O)OC(C)(C)C)c3)n2)n1)C1CCCO1. The van der Waals surface area contributed by atoms with E-state index in [9.17, 15) is 4.79 Å². The maximum absolute atomic E-state index is 12.4. The molecule has 194 valence electrons. The first kappa shape index (κ1) is 25.3. The first-order valence-corrected chi connectivity index (χ1v) is 12.5. The molecule has 0 spiro atoms. The molecule has 0 saturated carbocycles. The summed E-state index contributed by atoms with van der Waals surface area (Å²) in [5.74, 6) is 7.17. The molecule has 0 amide bonds. The Morgan fingerprint density at radius 3 is 2.79 bits per heavy atom. The van der Waals surface area contributed by atoms with Crippen LogP contribution in [0.2, 0.25) is 0 Å². The number of fused-ring (bicyclic) bond motifs is 1. The van der Waals surface area contributed by atoms with Crippen molar-refractivity contribution in [2.24, 2.45) is 0 Å². The topological polar surface area (TPSA) is 117 Å². The summed E-state index contributed by atoms with van der Waals surface area (Å²) in [5, 5.41) is 8.28. The van der Waals surface area contributed by atoms with Crippen molar-refractivity contribution in [3.63, 3.8) is 0 Å². The molecule has 38 heavy (non-hydrogen) atoms. The molecular formula is C28H29N7O3. The van der Waals surface area contributed by atoms with Gasteiger partial charge < -0.3 is 14.8 Å². The lowest BCUT2D eigenvalue weighted by Crippen LogP contribution is -2.30. The van der Waals surface area contributed by atoms with Crippen LogP contribution >= 0.6 is 0 Å². The number of nitrogens with zero attached hydrogens (tertiary/aromatic N) is 6. The molecule has 1 fully saturated rings. The number of rotatable bonds is 4. The largest absolute Gasteiger partial charge is 0.442 e. The molecule has 1 aromatic carbocycles. The molecule has 4 aromatic rings. The third-order valence-electron chi connectivity index (χ3n) is 5.89. The van der Waals surface area contributed by atoms with Gasteiger partial charge in [-0.2, -0.15) is 9.78 Å². The monoisotopic (exact) mass is 511 g/mol. The van der Waals surface area contributed by atoms with Crippen LogP contribution in [-0.2, 0) is 9.47 Å². The predicted molar refractivity (Wildman–Crippen MR) is 142 cm³/mol. The first-order chi connectivity index (χ1) is 18.2. The Kier molecular flexibility index (Phi) is 7.03. The van der Waals surface area contributed by atoms with Crippen LogP contribution in [0, 0.1) is 11.8 Å². The van der Waals surface area contributed by atoms with Crippen molar-refractivity contribution in [1.82, 2.24) is 29.7 Å². The highest BCUT2D eigenvalue weighted by Crippen LogP contribution is 2.20. The van der Waals surface area contributed by atoms with Gasteiger partial charge in [0.1, 0.15) is 17.0 Å². The Balaban J connectivity index is 1.32. The highest BCUT2D eigenvalue weighted by molar-refractivity contribution is 5.88. The van der Waals surface area contributed by atoms with E-state index in [1.165, 1.54) is 4.68 Å². The third kappa shape index (κ3) is 5.95. The summed E-state index contributed by atoms with van der Waals surface area (Å²) >= 11 is 0. The molecule has 1 aliphatic rings. The fourth-order valence-electron chi connectivity index (χ4n) is 4.10. The summed E-state index contributed by atoms with van der Waals surface area (Å²) in [6.45, 7) is 8.31. The second-order valence-electron chi connectivity index (χ2n) is 10.1. The lowest BCUT2D eigenvalue weighted by Gasteiger charge is -2.19. The van der Waals surface area contributed by atoms with E-state index in [0.717, 1.165) is 30.4 Å². The van der Waals surface area contributed by atoms with E-state index in [0.29, 0.717) is 28.7 Å². The number of hydrogen-bond donors (Lipinski definition) is 1. The molecule has 1 aliphatic heterocycles. The first-order valence-electron chi connectivity index (χ1n) is 12.5. The Hall–Kier alpha value is -4.36. The van der Waals surface area contributed by atoms with Crippen molar-refractivity contribution >= 4 is 22.9 Å².